The van der Waals surface area contributed by atoms with Crippen LogP contribution in [0.25, 0.3) is 0 Å². The maximum atomic E-state index is 11.3. The molecule has 0 unspecified atom stereocenters. The molecule has 0 amide bonds. The van der Waals surface area contributed by atoms with E-state index in [2.05, 4.69) is 11.7 Å². The van der Waals surface area contributed by atoms with E-state index in [1.54, 1.807) is 30.3 Å². The minimum atomic E-state index is -0.607. The fraction of sp³-hybridized carbons (Fsp3) is 0.182. The lowest BCUT2D eigenvalue weighted by Gasteiger charge is -2.00. The maximum Gasteiger partial charge on any atom is 0.345 e. The number of carbonyl (C=O) groups is 2. The quantitative estimate of drug-likeness (QED) is 0.542. The van der Waals surface area contributed by atoms with Gasteiger partial charge in [0.25, 0.3) is 0 Å². The second-order valence-electron chi connectivity index (χ2n) is 2.73. The van der Waals surface area contributed by atoms with Crippen LogP contribution in [0, 0.1) is 6.92 Å². The molecule has 0 N–H and O–H groups in total. The highest BCUT2D eigenvalue weighted by Gasteiger charge is 2.10. The molecule has 0 saturated carbocycles. The third-order valence-electron chi connectivity index (χ3n) is 1.60. The van der Waals surface area contributed by atoms with Crippen LogP contribution in [0.2, 0.25) is 0 Å². The van der Waals surface area contributed by atoms with Crippen molar-refractivity contribution in [3.63, 3.8) is 0 Å². The van der Waals surface area contributed by atoms with Gasteiger partial charge in [0.05, 0.1) is 5.56 Å². The Kier molecular flexibility index (Phi) is 3.85. The first kappa shape index (κ1) is 10.4. The van der Waals surface area contributed by atoms with Gasteiger partial charge in [-0.2, -0.15) is 0 Å². The molecule has 3 heteroatoms. The lowest BCUT2D eigenvalue weighted by atomic mass is 10.2. The van der Waals surface area contributed by atoms with Gasteiger partial charge >= 0.3 is 11.9 Å². The Balaban J connectivity index is 2.55. The maximum absolute atomic E-state index is 11.3. The molecule has 0 spiro atoms. The molecule has 0 bridgehead atoms. The van der Waals surface area contributed by atoms with Crippen LogP contribution in [0.5, 0.6) is 0 Å². The third kappa shape index (κ3) is 3.01. The highest BCUT2D eigenvalue weighted by Crippen LogP contribution is 2.02. The summed E-state index contributed by atoms with van der Waals surface area (Å²) >= 11 is 0. The summed E-state index contributed by atoms with van der Waals surface area (Å²) in [6.45, 7) is 3.49. The average Bonchev–Trinajstić information content (AvgIpc) is 2.19. The Labute approximate surface area is 82.7 Å². The largest absolute Gasteiger partial charge is 0.389 e. The van der Waals surface area contributed by atoms with Crippen LogP contribution in [0.3, 0.4) is 0 Å². The lowest BCUT2D eigenvalue weighted by molar-refractivity contribution is -0.137. The minimum absolute atomic E-state index is 0.165. The molecule has 3 nitrogen and oxygen atoms in total. The van der Waals surface area contributed by atoms with Crippen molar-refractivity contribution in [2.75, 3.05) is 0 Å². The van der Waals surface area contributed by atoms with Gasteiger partial charge in [0.15, 0.2) is 0 Å². The Morgan fingerprint density at radius 1 is 1.21 bits per heavy atom. The van der Waals surface area contributed by atoms with Crippen LogP contribution in [-0.4, -0.2) is 11.9 Å². The molecule has 1 aromatic rings. The number of ether oxygens (including phenoxy) is 1. The van der Waals surface area contributed by atoms with Crippen molar-refractivity contribution in [3.8, 4) is 0 Å². The summed E-state index contributed by atoms with van der Waals surface area (Å²) in [4.78, 5) is 22.2. The number of rotatable bonds is 3. The van der Waals surface area contributed by atoms with Gasteiger partial charge in [-0.15, -0.1) is 0 Å². The third-order valence-corrected chi connectivity index (χ3v) is 1.60. The van der Waals surface area contributed by atoms with Crippen LogP contribution >= 0.6 is 0 Å². The molecule has 0 aliphatic heterocycles. The zero-order chi connectivity index (χ0) is 10.4. The standard InChI is InChI=1S/C11H11O3/c1-2-6-10(12)14-11(13)9-7-4-3-5-8-9/h3-5,7-8H,1-2,6H2. The molecular formula is C11H11O3. The van der Waals surface area contributed by atoms with Gasteiger partial charge in [0.1, 0.15) is 0 Å². The van der Waals surface area contributed by atoms with Crippen molar-refractivity contribution in [3.05, 3.63) is 42.8 Å². The predicted molar refractivity (Wildman–Crippen MR) is 51.5 cm³/mol. The average molecular weight is 191 g/mol. The van der Waals surface area contributed by atoms with Crippen LogP contribution < -0.4 is 0 Å². The van der Waals surface area contributed by atoms with Crippen molar-refractivity contribution in [2.24, 2.45) is 0 Å². The Bertz CT molecular complexity index is 317. The van der Waals surface area contributed by atoms with Gasteiger partial charge in [-0.1, -0.05) is 25.1 Å². The molecule has 0 aliphatic rings. The number of esters is 2. The monoisotopic (exact) mass is 191 g/mol. The topological polar surface area (TPSA) is 43.4 Å². The summed E-state index contributed by atoms with van der Waals surface area (Å²) in [5, 5.41) is 0. The van der Waals surface area contributed by atoms with Gasteiger partial charge in [-0.3, -0.25) is 4.79 Å². The summed E-state index contributed by atoms with van der Waals surface area (Å²) in [5.41, 5.74) is 0.380. The smallest absolute Gasteiger partial charge is 0.345 e. The van der Waals surface area contributed by atoms with Gasteiger partial charge in [0, 0.05) is 6.42 Å². The zero-order valence-corrected chi connectivity index (χ0v) is 7.73. The first-order chi connectivity index (χ1) is 6.74. The zero-order valence-electron chi connectivity index (χ0n) is 7.73. The van der Waals surface area contributed by atoms with E-state index in [1.165, 1.54) is 0 Å². The number of benzene rings is 1. The van der Waals surface area contributed by atoms with Crippen LogP contribution in [0.4, 0.5) is 0 Å². The molecule has 73 valence electrons. The Morgan fingerprint density at radius 2 is 1.86 bits per heavy atom. The van der Waals surface area contributed by atoms with E-state index in [0.717, 1.165) is 0 Å². The minimum Gasteiger partial charge on any atom is -0.389 e. The molecule has 0 atom stereocenters. The second kappa shape index (κ2) is 5.17. The fourth-order valence-corrected chi connectivity index (χ4v) is 0.932. The summed E-state index contributed by atoms with van der Waals surface area (Å²) in [6, 6.07) is 8.40. The Morgan fingerprint density at radius 3 is 2.43 bits per heavy atom. The molecule has 0 fully saturated rings. The summed E-state index contributed by atoms with van der Waals surface area (Å²) in [7, 11) is 0. The molecular weight excluding hydrogens is 180 g/mol. The molecule has 1 aromatic carbocycles. The van der Waals surface area contributed by atoms with Crippen LogP contribution in [-0.2, 0) is 9.53 Å². The molecule has 1 radical (unpaired) electrons. The van der Waals surface area contributed by atoms with Crippen molar-refractivity contribution >= 4 is 11.9 Å². The predicted octanol–water partition coefficient (Wildman–Crippen LogP) is 1.98. The van der Waals surface area contributed by atoms with Crippen molar-refractivity contribution in [1.29, 1.82) is 0 Å². The first-order valence-electron chi connectivity index (χ1n) is 4.33. The van der Waals surface area contributed by atoms with Gasteiger partial charge in [-0.05, 0) is 18.6 Å². The van der Waals surface area contributed by atoms with E-state index in [0.29, 0.717) is 12.0 Å². The van der Waals surface area contributed by atoms with Crippen molar-refractivity contribution < 1.29 is 14.3 Å². The summed E-state index contributed by atoms with van der Waals surface area (Å²) < 4.78 is 4.56. The van der Waals surface area contributed by atoms with Gasteiger partial charge < -0.3 is 4.74 Å². The van der Waals surface area contributed by atoms with Crippen molar-refractivity contribution in [1.82, 2.24) is 0 Å². The van der Waals surface area contributed by atoms with Crippen molar-refractivity contribution in [2.45, 2.75) is 12.8 Å². The molecule has 0 saturated heterocycles. The van der Waals surface area contributed by atoms with Crippen LogP contribution in [0.15, 0.2) is 30.3 Å². The molecule has 0 heterocycles. The van der Waals surface area contributed by atoms with E-state index in [-0.39, 0.29) is 6.42 Å². The lowest BCUT2D eigenvalue weighted by Crippen LogP contribution is -2.11. The normalized spacial score (nSPS) is 9.50. The van der Waals surface area contributed by atoms with Gasteiger partial charge in [-0.25, -0.2) is 4.79 Å². The van der Waals surface area contributed by atoms with E-state index in [9.17, 15) is 9.59 Å². The first-order valence-corrected chi connectivity index (χ1v) is 4.33. The highest BCUT2D eigenvalue weighted by atomic mass is 16.6. The fourth-order valence-electron chi connectivity index (χ4n) is 0.932. The highest BCUT2D eigenvalue weighted by molar-refractivity contribution is 5.96. The summed E-state index contributed by atoms with van der Waals surface area (Å²) in [6.07, 6.45) is 0.597. The molecule has 0 aromatic heterocycles. The number of hydrogen-bond donors (Lipinski definition) is 0. The van der Waals surface area contributed by atoms with Gasteiger partial charge in [0.2, 0.25) is 0 Å². The van der Waals surface area contributed by atoms with E-state index >= 15 is 0 Å². The Hall–Kier alpha value is -1.64. The number of hydrogen-bond acceptors (Lipinski definition) is 3. The number of carbonyl (C=O) groups excluding carboxylic acids is 2. The SMILES string of the molecule is [CH2]CCC(=O)OC(=O)c1ccccc1. The molecule has 1 rings (SSSR count). The van der Waals surface area contributed by atoms with Crippen LogP contribution in [0.1, 0.15) is 23.2 Å². The van der Waals surface area contributed by atoms with E-state index in [1.807, 2.05) is 0 Å². The van der Waals surface area contributed by atoms with E-state index < -0.39 is 11.9 Å². The van der Waals surface area contributed by atoms with E-state index in [4.69, 9.17) is 0 Å². The second-order valence-corrected chi connectivity index (χ2v) is 2.73. The molecule has 14 heavy (non-hydrogen) atoms. The molecule has 0 aliphatic carbocycles. The summed E-state index contributed by atoms with van der Waals surface area (Å²) in [5.74, 6) is -1.14.